The van der Waals surface area contributed by atoms with Crippen molar-refractivity contribution in [3.05, 3.63) is 17.5 Å². The summed E-state index contributed by atoms with van der Waals surface area (Å²) in [5.41, 5.74) is 1.47. The minimum absolute atomic E-state index is 0.0387. The van der Waals surface area contributed by atoms with Gasteiger partial charge in [-0.15, -0.1) is 0 Å². The zero-order valence-electron chi connectivity index (χ0n) is 12.7. The molecule has 0 aromatic carbocycles. The smallest absolute Gasteiger partial charge is 0.269 e. The third kappa shape index (κ3) is 5.17. The Labute approximate surface area is 125 Å². The van der Waals surface area contributed by atoms with E-state index < -0.39 is 0 Å². The van der Waals surface area contributed by atoms with Gasteiger partial charge < -0.3 is 10.4 Å². The van der Waals surface area contributed by atoms with Crippen LogP contribution in [0.4, 0.5) is 0 Å². The van der Waals surface area contributed by atoms with Crippen LogP contribution >= 0.6 is 11.8 Å². The minimum Gasteiger partial charge on any atom is -0.394 e. The number of nitrogens with one attached hydrogen (secondary N) is 1. The fourth-order valence-electron chi connectivity index (χ4n) is 1.99. The number of carbonyl (C=O) groups is 1. The molecular formula is C14H25N3O2S. The van der Waals surface area contributed by atoms with Gasteiger partial charge in [0, 0.05) is 7.05 Å². The number of thioether (sulfide) groups is 1. The molecule has 6 heteroatoms. The van der Waals surface area contributed by atoms with E-state index in [1.807, 2.05) is 12.3 Å². The molecule has 0 aliphatic rings. The molecule has 1 unspecified atom stereocenters. The van der Waals surface area contributed by atoms with E-state index in [0.717, 1.165) is 24.3 Å². The Bertz CT molecular complexity index is 432. The molecule has 1 heterocycles. The molecule has 0 fully saturated rings. The van der Waals surface area contributed by atoms with Gasteiger partial charge in [0.2, 0.25) is 0 Å². The number of nitrogens with zero attached hydrogens (tertiary/aromatic N) is 2. The number of hydrogen-bond acceptors (Lipinski definition) is 4. The van der Waals surface area contributed by atoms with E-state index in [4.69, 9.17) is 0 Å². The summed E-state index contributed by atoms with van der Waals surface area (Å²) in [6, 6.07) is 1.64. The summed E-state index contributed by atoms with van der Waals surface area (Å²) in [5, 5.41) is 16.5. The normalized spacial score (nSPS) is 12.7. The minimum atomic E-state index is -0.196. The fourth-order valence-corrected chi connectivity index (χ4v) is 2.51. The average molecular weight is 299 g/mol. The fraction of sp³-hybridized carbons (Fsp3) is 0.714. The molecule has 0 saturated heterocycles. The first-order chi connectivity index (χ1) is 9.47. The first-order valence-corrected chi connectivity index (χ1v) is 8.30. The van der Waals surface area contributed by atoms with Crippen molar-refractivity contribution in [1.29, 1.82) is 0 Å². The van der Waals surface area contributed by atoms with Crippen LogP contribution in [0.1, 0.15) is 36.5 Å². The van der Waals surface area contributed by atoms with Crippen LogP contribution in [0.15, 0.2) is 6.07 Å². The van der Waals surface area contributed by atoms with Crippen molar-refractivity contribution >= 4 is 17.7 Å². The summed E-state index contributed by atoms with van der Waals surface area (Å²) in [6.07, 6.45) is 3.63. The largest absolute Gasteiger partial charge is 0.394 e. The van der Waals surface area contributed by atoms with Gasteiger partial charge in [-0.1, -0.05) is 13.8 Å². The predicted octanol–water partition coefficient (Wildman–Crippen LogP) is 1.46. The van der Waals surface area contributed by atoms with Gasteiger partial charge in [0.25, 0.3) is 5.91 Å². The van der Waals surface area contributed by atoms with E-state index in [9.17, 15) is 9.90 Å². The van der Waals surface area contributed by atoms with E-state index in [-0.39, 0.29) is 18.6 Å². The molecule has 5 nitrogen and oxygen atoms in total. The summed E-state index contributed by atoms with van der Waals surface area (Å²) in [4.78, 5) is 12.2. The summed E-state index contributed by atoms with van der Waals surface area (Å²) in [5.74, 6) is 1.25. The molecule has 0 radical (unpaired) electrons. The highest BCUT2D eigenvalue weighted by Crippen LogP contribution is 2.09. The first-order valence-electron chi connectivity index (χ1n) is 6.91. The van der Waals surface area contributed by atoms with Crippen molar-refractivity contribution in [1.82, 2.24) is 15.1 Å². The molecule has 0 saturated carbocycles. The molecule has 1 amide bonds. The number of amides is 1. The van der Waals surface area contributed by atoms with Crippen molar-refractivity contribution in [2.45, 2.75) is 32.7 Å². The first kappa shape index (κ1) is 17.0. The number of rotatable bonds is 8. The molecule has 1 aromatic rings. The second-order valence-corrected chi connectivity index (χ2v) is 6.36. The van der Waals surface area contributed by atoms with Crippen LogP contribution in [0.3, 0.4) is 0 Å². The molecular weight excluding hydrogens is 274 g/mol. The average Bonchev–Trinajstić information content (AvgIpc) is 2.74. The van der Waals surface area contributed by atoms with Gasteiger partial charge in [-0.3, -0.25) is 9.48 Å². The molecule has 1 rings (SSSR count). The van der Waals surface area contributed by atoms with Crippen molar-refractivity contribution in [3.63, 3.8) is 0 Å². The summed E-state index contributed by atoms with van der Waals surface area (Å²) in [6.45, 7) is 4.21. The number of aromatic nitrogens is 2. The van der Waals surface area contributed by atoms with Gasteiger partial charge in [-0.25, -0.2) is 0 Å². The summed E-state index contributed by atoms with van der Waals surface area (Å²) < 4.78 is 1.61. The summed E-state index contributed by atoms with van der Waals surface area (Å²) >= 11 is 1.70. The van der Waals surface area contributed by atoms with Gasteiger partial charge in [0.05, 0.1) is 18.3 Å². The second kappa shape index (κ2) is 8.32. The Morgan fingerprint density at radius 1 is 1.55 bits per heavy atom. The lowest BCUT2D eigenvalue weighted by molar-refractivity contribution is 0.0906. The van der Waals surface area contributed by atoms with E-state index in [1.165, 1.54) is 0 Å². The second-order valence-electron chi connectivity index (χ2n) is 5.38. The molecule has 2 N–H and O–H groups in total. The molecule has 1 atom stereocenters. The van der Waals surface area contributed by atoms with Crippen LogP contribution in [-0.2, 0) is 13.5 Å². The lowest BCUT2D eigenvalue weighted by atomic mass is 10.1. The van der Waals surface area contributed by atoms with E-state index in [1.54, 1.807) is 23.5 Å². The molecule has 20 heavy (non-hydrogen) atoms. The number of aryl methyl sites for hydroxylation is 1. The highest BCUT2D eigenvalue weighted by atomic mass is 32.2. The van der Waals surface area contributed by atoms with Gasteiger partial charge >= 0.3 is 0 Å². The van der Waals surface area contributed by atoms with E-state index in [0.29, 0.717) is 11.6 Å². The number of aliphatic hydroxyl groups excluding tert-OH is 1. The van der Waals surface area contributed by atoms with E-state index >= 15 is 0 Å². The van der Waals surface area contributed by atoms with Crippen LogP contribution in [0.25, 0.3) is 0 Å². The number of carbonyl (C=O) groups excluding carboxylic acids is 1. The van der Waals surface area contributed by atoms with Crippen molar-refractivity contribution in [2.75, 3.05) is 18.6 Å². The van der Waals surface area contributed by atoms with Crippen LogP contribution in [0.2, 0.25) is 0 Å². The maximum absolute atomic E-state index is 12.2. The molecule has 1 aromatic heterocycles. The van der Waals surface area contributed by atoms with Crippen molar-refractivity contribution in [3.8, 4) is 0 Å². The Morgan fingerprint density at radius 3 is 2.80 bits per heavy atom. The molecule has 114 valence electrons. The molecule has 0 spiro atoms. The Balaban J connectivity index is 2.68. The third-order valence-electron chi connectivity index (χ3n) is 3.01. The van der Waals surface area contributed by atoms with E-state index in [2.05, 4.69) is 24.3 Å². The van der Waals surface area contributed by atoms with Gasteiger partial charge in [-0.2, -0.15) is 16.9 Å². The summed E-state index contributed by atoms with van der Waals surface area (Å²) in [7, 11) is 1.77. The van der Waals surface area contributed by atoms with Crippen LogP contribution in [0, 0.1) is 5.92 Å². The van der Waals surface area contributed by atoms with Crippen molar-refractivity contribution < 1.29 is 9.90 Å². The zero-order valence-corrected chi connectivity index (χ0v) is 13.5. The van der Waals surface area contributed by atoms with Crippen LogP contribution in [-0.4, -0.2) is 45.5 Å². The predicted molar refractivity (Wildman–Crippen MR) is 83.1 cm³/mol. The highest BCUT2D eigenvalue weighted by molar-refractivity contribution is 7.98. The number of aliphatic hydroxyl groups is 1. The number of hydrogen-bond donors (Lipinski definition) is 2. The molecule has 0 bridgehead atoms. The topological polar surface area (TPSA) is 67.2 Å². The molecule has 0 aliphatic carbocycles. The lowest BCUT2D eigenvalue weighted by Crippen LogP contribution is -2.38. The SMILES string of the molecule is CSCCC(CO)NC(=O)c1cc(CC(C)C)nn1C. The lowest BCUT2D eigenvalue weighted by Gasteiger charge is -2.15. The molecule has 0 aliphatic heterocycles. The van der Waals surface area contributed by atoms with Gasteiger partial charge in [-0.05, 0) is 36.8 Å². The standard InChI is InChI=1S/C14H25N3O2S/c1-10(2)7-12-8-13(17(3)16-12)14(19)15-11(9-18)5-6-20-4/h8,10-11,18H,5-7,9H2,1-4H3,(H,15,19). The van der Waals surface area contributed by atoms with Crippen LogP contribution in [0.5, 0.6) is 0 Å². The van der Waals surface area contributed by atoms with Gasteiger partial charge in [0.15, 0.2) is 0 Å². The van der Waals surface area contributed by atoms with Crippen molar-refractivity contribution in [2.24, 2.45) is 13.0 Å². The Morgan fingerprint density at radius 2 is 2.25 bits per heavy atom. The maximum atomic E-state index is 12.2. The monoisotopic (exact) mass is 299 g/mol. The Kier molecular flexibility index (Phi) is 7.09. The van der Waals surface area contributed by atoms with Gasteiger partial charge in [0.1, 0.15) is 5.69 Å². The van der Waals surface area contributed by atoms with Crippen LogP contribution < -0.4 is 5.32 Å². The quantitative estimate of drug-likeness (QED) is 0.763. The highest BCUT2D eigenvalue weighted by Gasteiger charge is 2.17. The Hall–Kier alpha value is -1.01. The zero-order chi connectivity index (χ0) is 15.1. The third-order valence-corrected chi connectivity index (χ3v) is 3.65. The maximum Gasteiger partial charge on any atom is 0.269 e.